The van der Waals surface area contributed by atoms with Gasteiger partial charge < -0.3 is 15.4 Å². The van der Waals surface area contributed by atoms with Crippen LogP contribution in [0.15, 0.2) is 85.1 Å². The summed E-state index contributed by atoms with van der Waals surface area (Å²) in [4.78, 5) is 4.44. The van der Waals surface area contributed by atoms with Crippen molar-refractivity contribution >= 4 is 28.2 Å². The first-order chi connectivity index (χ1) is 16.2. The summed E-state index contributed by atoms with van der Waals surface area (Å²) in [6.45, 7) is 0.879. The van der Waals surface area contributed by atoms with Crippen molar-refractivity contribution in [3.05, 3.63) is 95.6 Å². The van der Waals surface area contributed by atoms with E-state index in [2.05, 4.69) is 39.9 Å². The molecule has 168 valence electrons. The highest BCUT2D eigenvalue weighted by atomic mass is 35.5. The van der Waals surface area contributed by atoms with Gasteiger partial charge in [0.15, 0.2) is 0 Å². The minimum atomic E-state index is 0.485. The third-order valence-corrected chi connectivity index (χ3v) is 6.52. The van der Waals surface area contributed by atoms with Gasteiger partial charge in [-0.3, -0.25) is 4.98 Å². The van der Waals surface area contributed by atoms with Crippen molar-refractivity contribution in [1.82, 2.24) is 10.3 Å². The van der Waals surface area contributed by atoms with Crippen LogP contribution in [0.5, 0.6) is 11.5 Å². The van der Waals surface area contributed by atoms with E-state index in [0.717, 1.165) is 52.5 Å². The number of pyridine rings is 1. The standard InChI is InChI=1S/C28H28ClN3O/c29-21-8-15-26-27(16-17-30-28(26)18-21)32-23-11-9-22(10-12-23)31-19-20-6-13-25(14-7-20)33-24-4-2-1-3-5-24/h1-8,13-18,22-23,31H,9-12,19H2,(H,30,32). The molecule has 0 bridgehead atoms. The van der Waals surface area contributed by atoms with Crippen LogP contribution in [0.1, 0.15) is 31.2 Å². The Hall–Kier alpha value is -3.08. The van der Waals surface area contributed by atoms with Crippen LogP contribution in [0, 0.1) is 0 Å². The summed E-state index contributed by atoms with van der Waals surface area (Å²) in [7, 11) is 0. The van der Waals surface area contributed by atoms with Gasteiger partial charge in [0.2, 0.25) is 0 Å². The number of benzene rings is 3. The molecule has 4 nitrogen and oxygen atoms in total. The van der Waals surface area contributed by atoms with Crippen LogP contribution < -0.4 is 15.4 Å². The lowest BCUT2D eigenvalue weighted by molar-refractivity contribution is 0.353. The van der Waals surface area contributed by atoms with E-state index in [4.69, 9.17) is 16.3 Å². The van der Waals surface area contributed by atoms with E-state index in [1.54, 1.807) is 0 Å². The van der Waals surface area contributed by atoms with Crippen molar-refractivity contribution in [1.29, 1.82) is 0 Å². The van der Waals surface area contributed by atoms with Crippen LogP contribution in [0.4, 0.5) is 5.69 Å². The van der Waals surface area contributed by atoms with Gasteiger partial charge >= 0.3 is 0 Å². The lowest BCUT2D eigenvalue weighted by Crippen LogP contribution is -2.36. The van der Waals surface area contributed by atoms with E-state index in [-0.39, 0.29) is 0 Å². The second kappa shape index (κ2) is 10.2. The Morgan fingerprint density at radius 1 is 0.818 bits per heavy atom. The summed E-state index contributed by atoms with van der Waals surface area (Å²) < 4.78 is 5.88. The van der Waals surface area contributed by atoms with Crippen molar-refractivity contribution in [3.8, 4) is 11.5 Å². The summed E-state index contributed by atoms with van der Waals surface area (Å²) in [6, 6.07) is 27.2. The largest absolute Gasteiger partial charge is 0.457 e. The van der Waals surface area contributed by atoms with Crippen LogP contribution in [0.2, 0.25) is 5.02 Å². The zero-order valence-electron chi connectivity index (χ0n) is 18.5. The molecular formula is C28H28ClN3O. The van der Waals surface area contributed by atoms with Crippen LogP contribution in [-0.2, 0) is 6.54 Å². The minimum absolute atomic E-state index is 0.485. The van der Waals surface area contributed by atoms with Crippen LogP contribution >= 0.6 is 11.6 Å². The SMILES string of the molecule is Clc1ccc2c(NC3CCC(NCc4ccc(Oc5ccccc5)cc4)CC3)ccnc2c1. The molecule has 2 N–H and O–H groups in total. The Kier molecular flexibility index (Phi) is 6.75. The fraction of sp³-hybridized carbons (Fsp3) is 0.250. The first kappa shape index (κ1) is 21.7. The number of nitrogens with zero attached hydrogens (tertiary/aromatic N) is 1. The maximum atomic E-state index is 6.12. The van der Waals surface area contributed by atoms with Crippen molar-refractivity contribution in [3.63, 3.8) is 0 Å². The molecule has 1 aromatic heterocycles. The zero-order valence-corrected chi connectivity index (χ0v) is 19.3. The molecule has 5 heteroatoms. The number of aromatic nitrogens is 1. The maximum Gasteiger partial charge on any atom is 0.127 e. The van der Waals surface area contributed by atoms with Crippen molar-refractivity contribution in [2.75, 3.05) is 5.32 Å². The van der Waals surface area contributed by atoms with Gasteiger partial charge in [0.1, 0.15) is 11.5 Å². The number of hydrogen-bond donors (Lipinski definition) is 2. The normalized spacial score (nSPS) is 18.2. The Morgan fingerprint density at radius 3 is 2.33 bits per heavy atom. The predicted octanol–water partition coefficient (Wildman–Crippen LogP) is 7.19. The highest BCUT2D eigenvalue weighted by Crippen LogP contribution is 2.28. The molecule has 0 amide bonds. The smallest absolute Gasteiger partial charge is 0.127 e. The monoisotopic (exact) mass is 457 g/mol. The number of halogens is 1. The summed E-state index contributed by atoms with van der Waals surface area (Å²) in [5.41, 5.74) is 3.35. The Labute approximate surface area is 200 Å². The summed E-state index contributed by atoms with van der Waals surface area (Å²) >= 11 is 6.12. The average molecular weight is 458 g/mol. The number of hydrogen-bond acceptors (Lipinski definition) is 4. The molecule has 0 radical (unpaired) electrons. The molecule has 1 aliphatic rings. The number of fused-ring (bicyclic) bond motifs is 1. The van der Waals surface area contributed by atoms with E-state index >= 15 is 0 Å². The van der Waals surface area contributed by atoms with Crippen LogP contribution in [-0.4, -0.2) is 17.1 Å². The molecule has 5 rings (SSSR count). The van der Waals surface area contributed by atoms with E-state index in [9.17, 15) is 0 Å². The van der Waals surface area contributed by atoms with E-state index in [1.807, 2.05) is 60.8 Å². The minimum Gasteiger partial charge on any atom is -0.457 e. The summed E-state index contributed by atoms with van der Waals surface area (Å²) in [5, 5.41) is 9.32. The Balaban J connectivity index is 1.10. The van der Waals surface area contributed by atoms with Gasteiger partial charge in [-0.2, -0.15) is 0 Å². The fourth-order valence-corrected chi connectivity index (χ4v) is 4.64. The van der Waals surface area contributed by atoms with Gasteiger partial charge in [-0.25, -0.2) is 0 Å². The van der Waals surface area contributed by atoms with Gasteiger partial charge in [0.25, 0.3) is 0 Å². The van der Waals surface area contributed by atoms with Crippen molar-refractivity contribution < 1.29 is 4.74 Å². The molecule has 0 spiro atoms. The average Bonchev–Trinajstić information content (AvgIpc) is 2.85. The Morgan fingerprint density at radius 2 is 1.55 bits per heavy atom. The second-order valence-electron chi connectivity index (χ2n) is 8.65. The molecule has 0 atom stereocenters. The third-order valence-electron chi connectivity index (χ3n) is 6.29. The number of rotatable bonds is 7. The maximum absolute atomic E-state index is 6.12. The van der Waals surface area contributed by atoms with Crippen LogP contribution in [0.3, 0.4) is 0 Å². The van der Waals surface area contributed by atoms with Gasteiger partial charge in [-0.1, -0.05) is 41.9 Å². The second-order valence-corrected chi connectivity index (χ2v) is 9.09. The molecule has 0 aliphatic heterocycles. The molecular weight excluding hydrogens is 430 g/mol. The van der Waals surface area contributed by atoms with Gasteiger partial charge in [0, 0.05) is 40.9 Å². The number of ether oxygens (including phenoxy) is 1. The van der Waals surface area contributed by atoms with Crippen molar-refractivity contribution in [2.45, 2.75) is 44.3 Å². The molecule has 0 unspecified atom stereocenters. The van der Waals surface area contributed by atoms with Crippen LogP contribution in [0.25, 0.3) is 10.9 Å². The predicted molar refractivity (Wildman–Crippen MR) is 136 cm³/mol. The van der Waals surface area contributed by atoms with E-state index in [1.165, 1.54) is 18.4 Å². The molecule has 0 saturated heterocycles. The fourth-order valence-electron chi connectivity index (χ4n) is 4.47. The number of para-hydroxylation sites is 1. The zero-order chi connectivity index (χ0) is 22.5. The molecule has 1 aliphatic carbocycles. The summed E-state index contributed by atoms with van der Waals surface area (Å²) in [5.74, 6) is 1.72. The topological polar surface area (TPSA) is 46.2 Å². The Bertz CT molecular complexity index is 1190. The first-order valence-electron chi connectivity index (χ1n) is 11.6. The van der Waals surface area contributed by atoms with E-state index < -0.39 is 0 Å². The molecule has 3 aromatic carbocycles. The van der Waals surface area contributed by atoms with Gasteiger partial charge in [0.05, 0.1) is 5.52 Å². The van der Waals surface area contributed by atoms with Gasteiger partial charge in [-0.05, 0) is 79.8 Å². The van der Waals surface area contributed by atoms with E-state index in [0.29, 0.717) is 12.1 Å². The highest BCUT2D eigenvalue weighted by Gasteiger charge is 2.21. The van der Waals surface area contributed by atoms with Crippen molar-refractivity contribution in [2.24, 2.45) is 0 Å². The highest BCUT2D eigenvalue weighted by molar-refractivity contribution is 6.31. The summed E-state index contributed by atoms with van der Waals surface area (Å²) in [6.07, 6.45) is 6.49. The lowest BCUT2D eigenvalue weighted by Gasteiger charge is -2.30. The first-order valence-corrected chi connectivity index (χ1v) is 12.0. The molecule has 4 aromatic rings. The quantitative estimate of drug-likeness (QED) is 0.308. The van der Waals surface area contributed by atoms with Gasteiger partial charge in [-0.15, -0.1) is 0 Å². The third kappa shape index (κ3) is 5.65. The molecule has 33 heavy (non-hydrogen) atoms. The molecule has 1 saturated carbocycles. The molecule has 1 heterocycles. The molecule has 1 fully saturated rings. The number of nitrogens with one attached hydrogen (secondary N) is 2. The lowest BCUT2D eigenvalue weighted by atomic mass is 9.90. The number of anilines is 1.